The molecule has 1 N–H and O–H groups in total. The Morgan fingerprint density at radius 3 is 2.49 bits per heavy atom. The third-order valence-corrected chi connectivity index (χ3v) is 6.37. The SMILES string of the molecule is Cc1cc(N2C(=S)N[C@H](c3ccccn3)[C@H]2c2cccn2-c2cccc(C(F)(F)F)c2)ccc1F. The van der Waals surface area contributed by atoms with Crippen LogP contribution in [0, 0.1) is 12.7 Å². The standard InChI is InChI=1S/C26H20F4N4S/c1-16-14-19(10-11-20(16)27)34-24(23(32-25(34)35)21-8-2-3-12-31-21)22-9-5-13-33(22)18-7-4-6-17(15-18)26(28,29)30/h2-15,23-24H,1H3,(H,32,35)/t23-,24-/m1/s1. The topological polar surface area (TPSA) is 33.1 Å². The van der Waals surface area contributed by atoms with Crippen molar-refractivity contribution in [3.8, 4) is 5.69 Å². The molecular formula is C26H20F4N4S. The van der Waals surface area contributed by atoms with Crippen LogP contribution in [-0.2, 0) is 6.18 Å². The lowest BCUT2D eigenvalue weighted by Gasteiger charge is -2.29. The van der Waals surface area contributed by atoms with Gasteiger partial charge in [0.2, 0.25) is 0 Å². The normalized spacial score (nSPS) is 18.1. The lowest BCUT2D eigenvalue weighted by atomic mass is 10.0. The van der Waals surface area contributed by atoms with Crippen molar-refractivity contribution in [1.29, 1.82) is 0 Å². The van der Waals surface area contributed by atoms with Crippen molar-refractivity contribution < 1.29 is 17.6 Å². The van der Waals surface area contributed by atoms with E-state index in [0.717, 1.165) is 17.8 Å². The maximum Gasteiger partial charge on any atom is 0.416 e. The van der Waals surface area contributed by atoms with E-state index in [0.29, 0.717) is 27.7 Å². The molecule has 2 aromatic carbocycles. The van der Waals surface area contributed by atoms with Gasteiger partial charge < -0.3 is 14.8 Å². The first-order valence-electron chi connectivity index (χ1n) is 10.9. The smallest absolute Gasteiger partial charge is 0.351 e. The number of hydrogen-bond donors (Lipinski definition) is 1. The Balaban J connectivity index is 1.67. The van der Waals surface area contributed by atoms with Gasteiger partial charge in [-0.05, 0) is 85.4 Å². The van der Waals surface area contributed by atoms with Crippen molar-refractivity contribution in [2.75, 3.05) is 4.90 Å². The van der Waals surface area contributed by atoms with Crippen molar-refractivity contribution in [2.24, 2.45) is 0 Å². The first kappa shape index (κ1) is 23.0. The van der Waals surface area contributed by atoms with Gasteiger partial charge in [0, 0.05) is 29.5 Å². The zero-order valence-electron chi connectivity index (χ0n) is 18.5. The fourth-order valence-corrected chi connectivity index (χ4v) is 4.76. The van der Waals surface area contributed by atoms with Crippen molar-refractivity contribution >= 4 is 23.0 Å². The maximum atomic E-state index is 14.0. The van der Waals surface area contributed by atoms with E-state index < -0.39 is 23.8 Å². The van der Waals surface area contributed by atoms with Gasteiger partial charge in [0.25, 0.3) is 0 Å². The summed E-state index contributed by atoms with van der Waals surface area (Å²) in [7, 11) is 0. The third kappa shape index (κ3) is 4.27. The Morgan fingerprint density at radius 1 is 0.943 bits per heavy atom. The number of nitrogens with zero attached hydrogens (tertiary/aromatic N) is 3. The van der Waals surface area contributed by atoms with Gasteiger partial charge in [-0.3, -0.25) is 4.98 Å². The summed E-state index contributed by atoms with van der Waals surface area (Å²) in [6, 6.07) is 18.2. The van der Waals surface area contributed by atoms with E-state index in [2.05, 4.69) is 10.3 Å². The summed E-state index contributed by atoms with van der Waals surface area (Å²) in [5, 5.41) is 3.72. The Labute approximate surface area is 204 Å². The Kier molecular flexibility index (Phi) is 5.80. The lowest BCUT2D eigenvalue weighted by Crippen LogP contribution is -2.30. The number of thiocarbonyl (C=S) groups is 1. The average Bonchev–Trinajstić information content (AvgIpc) is 3.45. The van der Waals surface area contributed by atoms with Gasteiger partial charge in [-0.25, -0.2) is 4.39 Å². The van der Waals surface area contributed by atoms with Gasteiger partial charge >= 0.3 is 6.18 Å². The molecule has 1 aliphatic rings. The van der Waals surface area contributed by atoms with Crippen molar-refractivity contribution in [3.05, 3.63) is 114 Å². The van der Waals surface area contributed by atoms with Crippen molar-refractivity contribution in [1.82, 2.24) is 14.9 Å². The van der Waals surface area contributed by atoms with Crippen LogP contribution in [0.3, 0.4) is 0 Å². The monoisotopic (exact) mass is 496 g/mol. The first-order valence-corrected chi connectivity index (χ1v) is 11.3. The Hall–Kier alpha value is -3.72. The second-order valence-corrected chi connectivity index (χ2v) is 8.67. The molecule has 178 valence electrons. The molecule has 0 saturated carbocycles. The first-order chi connectivity index (χ1) is 16.7. The van der Waals surface area contributed by atoms with Crippen LogP contribution in [0.5, 0.6) is 0 Å². The molecule has 0 amide bonds. The molecule has 1 saturated heterocycles. The van der Waals surface area contributed by atoms with Gasteiger partial charge in [0.1, 0.15) is 11.9 Å². The van der Waals surface area contributed by atoms with E-state index in [1.54, 1.807) is 54.2 Å². The number of alkyl halides is 3. The maximum absolute atomic E-state index is 14.0. The number of benzene rings is 2. The largest absolute Gasteiger partial charge is 0.416 e. The summed E-state index contributed by atoms with van der Waals surface area (Å²) in [6.07, 6.45) is -1.07. The van der Waals surface area contributed by atoms with Gasteiger partial charge in [-0.1, -0.05) is 12.1 Å². The van der Waals surface area contributed by atoms with E-state index in [1.165, 1.54) is 12.1 Å². The zero-order chi connectivity index (χ0) is 24.7. The molecule has 0 spiro atoms. The van der Waals surface area contributed by atoms with Crippen molar-refractivity contribution in [3.63, 3.8) is 0 Å². The van der Waals surface area contributed by atoms with Crippen LogP contribution in [-0.4, -0.2) is 14.7 Å². The minimum absolute atomic E-state index is 0.336. The van der Waals surface area contributed by atoms with E-state index in [-0.39, 0.29) is 5.82 Å². The Bertz CT molecular complexity index is 1380. The molecule has 0 unspecified atom stereocenters. The summed E-state index contributed by atoms with van der Waals surface area (Å²) in [5.74, 6) is -0.336. The molecule has 2 atom stereocenters. The lowest BCUT2D eigenvalue weighted by molar-refractivity contribution is -0.137. The molecule has 4 aromatic rings. The van der Waals surface area contributed by atoms with Crippen molar-refractivity contribution in [2.45, 2.75) is 25.2 Å². The van der Waals surface area contributed by atoms with Gasteiger partial charge in [0.15, 0.2) is 5.11 Å². The van der Waals surface area contributed by atoms with Crippen LogP contribution >= 0.6 is 12.2 Å². The molecular weight excluding hydrogens is 476 g/mol. The summed E-state index contributed by atoms with van der Waals surface area (Å²) in [6.45, 7) is 1.67. The highest BCUT2D eigenvalue weighted by molar-refractivity contribution is 7.80. The van der Waals surface area contributed by atoms with Gasteiger partial charge in [0.05, 0.1) is 17.3 Å². The second kappa shape index (κ2) is 8.81. The highest BCUT2D eigenvalue weighted by Crippen LogP contribution is 2.42. The number of halogens is 4. The fraction of sp³-hybridized carbons (Fsp3) is 0.154. The number of aromatic nitrogens is 2. The molecule has 3 heterocycles. The number of pyridine rings is 1. The molecule has 1 aliphatic heterocycles. The van der Waals surface area contributed by atoms with E-state index >= 15 is 0 Å². The van der Waals surface area contributed by atoms with Crippen LogP contribution in [0.1, 0.15) is 34.6 Å². The molecule has 2 aromatic heterocycles. The zero-order valence-corrected chi connectivity index (χ0v) is 19.3. The molecule has 35 heavy (non-hydrogen) atoms. The number of hydrogen-bond acceptors (Lipinski definition) is 2. The summed E-state index contributed by atoms with van der Waals surface area (Å²) in [4.78, 5) is 6.36. The number of anilines is 1. The highest BCUT2D eigenvalue weighted by atomic mass is 32.1. The molecule has 1 fully saturated rings. The minimum atomic E-state index is -4.46. The van der Waals surface area contributed by atoms with Crippen LogP contribution in [0.25, 0.3) is 5.69 Å². The van der Waals surface area contributed by atoms with Crippen LogP contribution < -0.4 is 10.2 Å². The molecule has 5 rings (SSSR count). The number of nitrogens with one attached hydrogen (secondary N) is 1. The second-order valence-electron chi connectivity index (χ2n) is 8.28. The number of aryl methyl sites for hydroxylation is 1. The molecule has 0 radical (unpaired) electrons. The predicted molar refractivity (Wildman–Crippen MR) is 130 cm³/mol. The van der Waals surface area contributed by atoms with Gasteiger partial charge in [-0.2, -0.15) is 13.2 Å². The van der Waals surface area contributed by atoms with E-state index in [1.807, 2.05) is 23.1 Å². The van der Waals surface area contributed by atoms with Gasteiger partial charge in [-0.15, -0.1) is 0 Å². The minimum Gasteiger partial charge on any atom is -0.351 e. The average molecular weight is 497 g/mol. The fourth-order valence-electron chi connectivity index (χ4n) is 4.41. The third-order valence-electron chi connectivity index (χ3n) is 6.05. The quantitative estimate of drug-likeness (QED) is 0.258. The van der Waals surface area contributed by atoms with Crippen LogP contribution in [0.2, 0.25) is 0 Å². The Morgan fingerprint density at radius 2 is 1.77 bits per heavy atom. The molecule has 0 bridgehead atoms. The van der Waals surface area contributed by atoms with Crippen LogP contribution in [0.15, 0.2) is 85.2 Å². The van der Waals surface area contributed by atoms with Crippen LogP contribution in [0.4, 0.5) is 23.2 Å². The number of rotatable bonds is 4. The predicted octanol–water partition coefficient (Wildman–Crippen LogP) is 6.52. The highest BCUT2D eigenvalue weighted by Gasteiger charge is 2.42. The summed E-state index contributed by atoms with van der Waals surface area (Å²) in [5.41, 5.74) is 2.18. The van der Waals surface area contributed by atoms with E-state index in [4.69, 9.17) is 12.2 Å². The molecule has 9 heteroatoms. The molecule has 0 aliphatic carbocycles. The van der Waals surface area contributed by atoms with E-state index in [9.17, 15) is 17.6 Å². The summed E-state index contributed by atoms with van der Waals surface area (Å²) >= 11 is 5.69. The summed E-state index contributed by atoms with van der Waals surface area (Å²) < 4.78 is 56.0. The molecule has 4 nitrogen and oxygen atoms in total.